The summed E-state index contributed by atoms with van der Waals surface area (Å²) < 4.78 is 9.68. The van der Waals surface area contributed by atoms with Crippen molar-refractivity contribution >= 4 is 11.9 Å². The van der Waals surface area contributed by atoms with Crippen molar-refractivity contribution < 1.29 is 24.2 Å². The van der Waals surface area contributed by atoms with Crippen molar-refractivity contribution in [1.82, 2.24) is 0 Å². The number of aliphatic hydroxyl groups excluding tert-OH is 1. The maximum atomic E-state index is 11.9. The predicted molar refractivity (Wildman–Crippen MR) is 77.2 cm³/mol. The second-order valence-corrected chi connectivity index (χ2v) is 5.23. The van der Waals surface area contributed by atoms with Gasteiger partial charge in [0, 0.05) is 5.92 Å². The first-order chi connectivity index (χ1) is 9.95. The van der Waals surface area contributed by atoms with E-state index in [2.05, 4.69) is 4.74 Å². The first kappa shape index (κ1) is 17.2. The zero-order chi connectivity index (χ0) is 15.8. The Balaban J connectivity index is 2.55. The normalized spacial score (nSPS) is 13.6. The van der Waals surface area contributed by atoms with Gasteiger partial charge in [-0.2, -0.15) is 0 Å². The first-order valence-electron chi connectivity index (χ1n) is 6.91. The Morgan fingerprint density at radius 2 is 1.81 bits per heavy atom. The fraction of sp³-hybridized carbons (Fsp3) is 0.500. The molecule has 5 heteroatoms. The van der Waals surface area contributed by atoms with Gasteiger partial charge in [0.1, 0.15) is 6.61 Å². The van der Waals surface area contributed by atoms with Gasteiger partial charge in [0.05, 0.1) is 13.5 Å². The first-order valence-corrected chi connectivity index (χ1v) is 6.91. The molecular weight excluding hydrogens is 272 g/mol. The fourth-order valence-corrected chi connectivity index (χ4v) is 2.00. The van der Waals surface area contributed by atoms with E-state index in [1.54, 1.807) is 0 Å². The number of carbonyl (C=O) groups is 2. The van der Waals surface area contributed by atoms with Gasteiger partial charge in [-0.15, -0.1) is 0 Å². The molecule has 0 heterocycles. The molecule has 21 heavy (non-hydrogen) atoms. The second-order valence-electron chi connectivity index (χ2n) is 5.23. The Labute approximate surface area is 124 Å². The molecule has 5 nitrogen and oxygen atoms in total. The van der Waals surface area contributed by atoms with Gasteiger partial charge in [-0.3, -0.25) is 4.79 Å². The number of hydrogen-bond acceptors (Lipinski definition) is 5. The van der Waals surface area contributed by atoms with Crippen molar-refractivity contribution in [3.63, 3.8) is 0 Å². The molecule has 2 atom stereocenters. The van der Waals surface area contributed by atoms with Gasteiger partial charge in [-0.1, -0.05) is 44.2 Å². The Hall–Kier alpha value is -1.88. The lowest BCUT2D eigenvalue weighted by molar-refractivity contribution is -0.157. The van der Waals surface area contributed by atoms with E-state index in [1.807, 2.05) is 44.2 Å². The molecule has 0 aromatic heterocycles. The number of aliphatic hydroxyl groups is 1. The molecule has 0 saturated heterocycles. The highest BCUT2D eigenvalue weighted by Crippen LogP contribution is 2.21. The summed E-state index contributed by atoms with van der Waals surface area (Å²) in [6.45, 7) is 3.85. The van der Waals surface area contributed by atoms with E-state index in [1.165, 1.54) is 7.11 Å². The van der Waals surface area contributed by atoms with Gasteiger partial charge in [0.2, 0.25) is 0 Å². The molecular formula is C16H22O5. The molecule has 2 unspecified atom stereocenters. The summed E-state index contributed by atoms with van der Waals surface area (Å²) in [7, 11) is 1.21. The molecule has 1 rings (SSSR count). The summed E-state index contributed by atoms with van der Waals surface area (Å²) in [5.74, 6) is -1.76. The SMILES string of the molecule is COC(=O)C(O)C(CC(=O)OCc1ccccc1)C(C)C. The number of ether oxygens (including phenoxy) is 2. The summed E-state index contributed by atoms with van der Waals surface area (Å²) in [6, 6.07) is 9.32. The standard InChI is InChI=1S/C16H22O5/c1-11(2)13(15(18)16(19)20-3)9-14(17)21-10-12-7-5-4-6-8-12/h4-8,11,13,15,18H,9-10H2,1-3H3. The quantitative estimate of drug-likeness (QED) is 0.778. The number of rotatable bonds is 7. The van der Waals surface area contributed by atoms with Crippen molar-refractivity contribution in [1.29, 1.82) is 0 Å². The molecule has 1 aromatic rings. The molecule has 1 N–H and O–H groups in total. The Bertz CT molecular complexity index is 455. The Morgan fingerprint density at radius 3 is 2.33 bits per heavy atom. The lowest BCUT2D eigenvalue weighted by Gasteiger charge is -2.23. The maximum Gasteiger partial charge on any atom is 0.334 e. The highest BCUT2D eigenvalue weighted by atomic mass is 16.5. The topological polar surface area (TPSA) is 72.8 Å². The van der Waals surface area contributed by atoms with Gasteiger partial charge < -0.3 is 14.6 Å². The molecule has 0 fully saturated rings. The van der Waals surface area contributed by atoms with Crippen LogP contribution in [0.2, 0.25) is 0 Å². The Morgan fingerprint density at radius 1 is 1.19 bits per heavy atom. The molecule has 0 radical (unpaired) electrons. The minimum absolute atomic E-state index is 0.0270. The summed E-state index contributed by atoms with van der Waals surface area (Å²) >= 11 is 0. The lowest BCUT2D eigenvalue weighted by atomic mass is 9.87. The monoisotopic (exact) mass is 294 g/mol. The van der Waals surface area contributed by atoms with E-state index in [-0.39, 0.29) is 18.9 Å². The molecule has 0 spiro atoms. The van der Waals surface area contributed by atoms with Crippen LogP contribution >= 0.6 is 0 Å². The largest absolute Gasteiger partial charge is 0.467 e. The predicted octanol–water partition coefficient (Wildman–Crippen LogP) is 1.93. The maximum absolute atomic E-state index is 11.9. The molecule has 0 aliphatic carbocycles. The summed E-state index contributed by atoms with van der Waals surface area (Å²) in [6.07, 6.45) is -1.35. The van der Waals surface area contributed by atoms with Crippen LogP contribution in [0.15, 0.2) is 30.3 Å². The zero-order valence-electron chi connectivity index (χ0n) is 12.6. The summed E-state index contributed by atoms with van der Waals surface area (Å²) in [5.41, 5.74) is 0.889. The van der Waals surface area contributed by atoms with Gasteiger partial charge in [0.15, 0.2) is 6.10 Å². The molecule has 116 valence electrons. The van der Waals surface area contributed by atoms with Crippen LogP contribution in [0.25, 0.3) is 0 Å². The number of hydrogen-bond donors (Lipinski definition) is 1. The van der Waals surface area contributed by atoms with E-state index in [4.69, 9.17) is 4.74 Å². The van der Waals surface area contributed by atoms with Crippen LogP contribution in [0.5, 0.6) is 0 Å². The number of benzene rings is 1. The minimum atomic E-state index is -1.32. The van der Waals surface area contributed by atoms with Crippen molar-refractivity contribution in [2.45, 2.75) is 33.0 Å². The third-order valence-electron chi connectivity index (χ3n) is 3.35. The van der Waals surface area contributed by atoms with Gasteiger partial charge in [-0.25, -0.2) is 4.79 Å². The Kier molecular flexibility index (Phi) is 6.88. The van der Waals surface area contributed by atoms with Crippen molar-refractivity contribution in [2.24, 2.45) is 11.8 Å². The minimum Gasteiger partial charge on any atom is -0.467 e. The van der Waals surface area contributed by atoms with E-state index in [0.717, 1.165) is 5.56 Å². The molecule has 0 aliphatic heterocycles. The van der Waals surface area contributed by atoms with Crippen LogP contribution in [0.1, 0.15) is 25.8 Å². The third kappa shape index (κ3) is 5.55. The average molecular weight is 294 g/mol. The van der Waals surface area contributed by atoms with Crippen molar-refractivity contribution in [3.8, 4) is 0 Å². The number of carbonyl (C=O) groups excluding carboxylic acids is 2. The van der Waals surface area contributed by atoms with Crippen LogP contribution in [-0.4, -0.2) is 30.3 Å². The van der Waals surface area contributed by atoms with Crippen LogP contribution in [0.4, 0.5) is 0 Å². The third-order valence-corrected chi connectivity index (χ3v) is 3.35. The van der Waals surface area contributed by atoms with Crippen LogP contribution in [-0.2, 0) is 25.7 Å². The summed E-state index contributed by atoms with van der Waals surface area (Å²) in [5, 5.41) is 9.90. The second kappa shape index (κ2) is 8.42. The van der Waals surface area contributed by atoms with Gasteiger partial charge in [0.25, 0.3) is 0 Å². The van der Waals surface area contributed by atoms with E-state index in [9.17, 15) is 14.7 Å². The van der Waals surface area contributed by atoms with Crippen LogP contribution in [0, 0.1) is 11.8 Å². The van der Waals surface area contributed by atoms with Crippen molar-refractivity contribution in [2.75, 3.05) is 7.11 Å². The van der Waals surface area contributed by atoms with E-state index < -0.39 is 24.0 Å². The smallest absolute Gasteiger partial charge is 0.334 e. The average Bonchev–Trinajstić information content (AvgIpc) is 2.49. The highest BCUT2D eigenvalue weighted by Gasteiger charge is 2.31. The van der Waals surface area contributed by atoms with Gasteiger partial charge >= 0.3 is 11.9 Å². The zero-order valence-corrected chi connectivity index (χ0v) is 12.6. The van der Waals surface area contributed by atoms with E-state index in [0.29, 0.717) is 0 Å². The lowest BCUT2D eigenvalue weighted by Crippen LogP contribution is -2.35. The molecule has 0 amide bonds. The van der Waals surface area contributed by atoms with E-state index >= 15 is 0 Å². The molecule has 0 saturated carbocycles. The highest BCUT2D eigenvalue weighted by molar-refractivity contribution is 5.76. The molecule has 0 aliphatic rings. The fourth-order valence-electron chi connectivity index (χ4n) is 2.00. The number of esters is 2. The van der Waals surface area contributed by atoms with Crippen molar-refractivity contribution in [3.05, 3.63) is 35.9 Å². The summed E-state index contributed by atoms with van der Waals surface area (Å²) in [4.78, 5) is 23.3. The van der Waals surface area contributed by atoms with Crippen LogP contribution in [0.3, 0.4) is 0 Å². The van der Waals surface area contributed by atoms with Crippen LogP contribution < -0.4 is 0 Å². The van der Waals surface area contributed by atoms with Gasteiger partial charge in [-0.05, 0) is 11.5 Å². The number of methoxy groups -OCH3 is 1. The molecule has 1 aromatic carbocycles. The molecule has 0 bridgehead atoms.